The second kappa shape index (κ2) is 7.41. The van der Waals surface area contributed by atoms with Crippen molar-refractivity contribution in [2.24, 2.45) is 11.8 Å². The summed E-state index contributed by atoms with van der Waals surface area (Å²) in [4.78, 5) is 41.3. The van der Waals surface area contributed by atoms with E-state index >= 15 is 0 Å². The molecule has 3 aliphatic heterocycles. The number of imide groups is 1. The van der Waals surface area contributed by atoms with Crippen molar-refractivity contribution < 1.29 is 19.1 Å². The summed E-state index contributed by atoms with van der Waals surface area (Å²) < 4.78 is 5.09. The minimum absolute atomic E-state index is 0.197. The maximum atomic E-state index is 13.4. The summed E-state index contributed by atoms with van der Waals surface area (Å²) in [6.45, 7) is 4.47. The summed E-state index contributed by atoms with van der Waals surface area (Å²) in [5.74, 6) is -1.14. The highest BCUT2D eigenvalue weighted by Gasteiger charge is 2.70. The molecule has 0 radical (unpaired) electrons. The number of benzene rings is 1. The molecule has 3 aliphatic rings. The van der Waals surface area contributed by atoms with Crippen LogP contribution in [0.1, 0.15) is 23.1 Å². The fraction of sp³-hybridized carbons (Fsp3) is 0.571. The van der Waals surface area contributed by atoms with Gasteiger partial charge in [0.2, 0.25) is 17.7 Å². The Morgan fingerprint density at radius 3 is 2.66 bits per heavy atom. The highest BCUT2D eigenvalue weighted by molar-refractivity contribution is 7.98. The number of fused-ring (bicyclic) bond motifs is 4. The first-order valence-corrected chi connectivity index (χ1v) is 11.3. The molecule has 4 atom stereocenters. The second-order valence-electron chi connectivity index (χ2n) is 8.05. The Hall–Kier alpha value is -1.90. The van der Waals surface area contributed by atoms with Crippen LogP contribution in [0.3, 0.4) is 0 Å². The standard InChI is InChI=1S/C21H27N3O4S/c1-11-5-6-13-17(12(11)2)22-20(27)21(13)16-15(14(23-21)7-10-29-4)18(25)24(19(16)26)8-9-28-3/h5-6,14-16,23H,7-10H2,1-4H3,(H,22,27)/t14-,15+,16-,21+/m0/s1. The minimum atomic E-state index is -1.20. The van der Waals surface area contributed by atoms with E-state index in [0.717, 1.165) is 28.1 Å². The lowest BCUT2D eigenvalue weighted by molar-refractivity contribution is -0.143. The fourth-order valence-electron chi connectivity index (χ4n) is 5.08. The number of rotatable bonds is 6. The van der Waals surface area contributed by atoms with Gasteiger partial charge in [0, 0.05) is 24.4 Å². The molecule has 8 heteroatoms. The van der Waals surface area contributed by atoms with Crippen LogP contribution in [0.2, 0.25) is 0 Å². The van der Waals surface area contributed by atoms with Gasteiger partial charge in [-0.25, -0.2) is 0 Å². The number of nitrogens with one attached hydrogen (secondary N) is 2. The van der Waals surface area contributed by atoms with Gasteiger partial charge in [-0.05, 0) is 43.4 Å². The van der Waals surface area contributed by atoms with Gasteiger partial charge in [0.15, 0.2) is 0 Å². The quantitative estimate of drug-likeness (QED) is 0.681. The molecule has 0 aliphatic carbocycles. The third-order valence-electron chi connectivity index (χ3n) is 6.66. The van der Waals surface area contributed by atoms with Crippen LogP contribution in [-0.4, -0.2) is 60.9 Å². The van der Waals surface area contributed by atoms with Crippen molar-refractivity contribution in [1.29, 1.82) is 0 Å². The number of carbonyl (C=O) groups is 3. The third-order valence-corrected chi connectivity index (χ3v) is 7.31. The Morgan fingerprint density at radius 1 is 1.21 bits per heavy atom. The van der Waals surface area contributed by atoms with Gasteiger partial charge in [0.25, 0.3) is 0 Å². The number of ether oxygens (including phenoxy) is 1. The Kier molecular flexibility index (Phi) is 5.21. The van der Waals surface area contributed by atoms with Crippen molar-refractivity contribution in [3.8, 4) is 0 Å². The molecule has 1 aromatic rings. The lowest BCUT2D eigenvalue weighted by Crippen LogP contribution is -2.53. The van der Waals surface area contributed by atoms with E-state index in [9.17, 15) is 14.4 Å². The molecular weight excluding hydrogens is 390 g/mol. The Morgan fingerprint density at radius 2 is 1.97 bits per heavy atom. The molecule has 3 amide bonds. The van der Waals surface area contributed by atoms with Gasteiger partial charge in [0.1, 0.15) is 5.54 Å². The SMILES string of the molecule is COCCN1C(=O)[C@@H]2[C@H](CCSC)N[C@@]3(C(=O)Nc4c3ccc(C)c4C)[C@@H]2C1=O. The summed E-state index contributed by atoms with van der Waals surface area (Å²) in [6.07, 6.45) is 2.73. The van der Waals surface area contributed by atoms with E-state index in [1.165, 1.54) is 4.90 Å². The summed E-state index contributed by atoms with van der Waals surface area (Å²) in [5, 5.41) is 6.48. The zero-order chi connectivity index (χ0) is 20.9. The maximum Gasteiger partial charge on any atom is 0.250 e. The average molecular weight is 418 g/mol. The largest absolute Gasteiger partial charge is 0.383 e. The first kappa shape index (κ1) is 20.4. The van der Waals surface area contributed by atoms with E-state index in [-0.39, 0.29) is 36.9 Å². The summed E-state index contributed by atoms with van der Waals surface area (Å²) in [7, 11) is 1.54. The van der Waals surface area contributed by atoms with Crippen molar-refractivity contribution in [1.82, 2.24) is 10.2 Å². The molecular formula is C21H27N3O4S. The first-order valence-electron chi connectivity index (χ1n) is 9.91. The number of thioether (sulfide) groups is 1. The highest BCUT2D eigenvalue weighted by Crippen LogP contribution is 2.54. The van der Waals surface area contributed by atoms with Crippen LogP contribution in [0.25, 0.3) is 0 Å². The number of nitrogens with zero attached hydrogens (tertiary/aromatic N) is 1. The van der Waals surface area contributed by atoms with Crippen molar-refractivity contribution in [3.63, 3.8) is 0 Å². The van der Waals surface area contributed by atoms with Gasteiger partial charge < -0.3 is 10.1 Å². The third kappa shape index (κ3) is 2.76. The predicted molar refractivity (Wildman–Crippen MR) is 112 cm³/mol. The molecule has 0 aromatic heterocycles. The molecule has 0 saturated carbocycles. The van der Waals surface area contributed by atoms with Gasteiger partial charge >= 0.3 is 0 Å². The van der Waals surface area contributed by atoms with Crippen LogP contribution < -0.4 is 10.6 Å². The highest BCUT2D eigenvalue weighted by atomic mass is 32.2. The van der Waals surface area contributed by atoms with Gasteiger partial charge in [-0.1, -0.05) is 12.1 Å². The number of amides is 3. The monoisotopic (exact) mass is 417 g/mol. The molecule has 0 bridgehead atoms. The molecule has 1 spiro atoms. The molecule has 2 fully saturated rings. The average Bonchev–Trinajstić information content (AvgIpc) is 3.27. The predicted octanol–water partition coefficient (Wildman–Crippen LogP) is 1.42. The number of anilines is 1. The topological polar surface area (TPSA) is 87.7 Å². The first-order chi connectivity index (χ1) is 13.9. The molecule has 7 nitrogen and oxygen atoms in total. The Bertz CT molecular complexity index is 889. The number of likely N-dealkylation sites (tertiary alicyclic amines) is 1. The van der Waals surface area contributed by atoms with Crippen LogP contribution in [0.4, 0.5) is 5.69 Å². The maximum absolute atomic E-state index is 13.4. The van der Waals surface area contributed by atoms with Crippen LogP contribution in [0.5, 0.6) is 0 Å². The van der Waals surface area contributed by atoms with Gasteiger partial charge in [0.05, 0.1) is 25.0 Å². The number of hydrogen-bond acceptors (Lipinski definition) is 6. The van der Waals surface area contributed by atoms with Crippen molar-refractivity contribution in [2.75, 3.05) is 37.6 Å². The molecule has 2 saturated heterocycles. The molecule has 0 unspecified atom stereocenters. The molecule has 3 heterocycles. The molecule has 156 valence electrons. The van der Waals surface area contributed by atoms with Gasteiger partial charge in [-0.3, -0.25) is 24.6 Å². The molecule has 2 N–H and O–H groups in total. The number of carbonyl (C=O) groups excluding carboxylic acids is 3. The number of hydrogen-bond donors (Lipinski definition) is 2. The van der Waals surface area contributed by atoms with Gasteiger partial charge in [-0.15, -0.1) is 0 Å². The number of methoxy groups -OCH3 is 1. The number of aryl methyl sites for hydroxylation is 1. The van der Waals surface area contributed by atoms with E-state index < -0.39 is 17.4 Å². The lowest BCUT2D eigenvalue weighted by atomic mass is 9.76. The van der Waals surface area contributed by atoms with Crippen LogP contribution in [0.15, 0.2) is 12.1 Å². The van der Waals surface area contributed by atoms with E-state index in [4.69, 9.17) is 4.74 Å². The molecule has 29 heavy (non-hydrogen) atoms. The Labute approximate surface area is 174 Å². The minimum Gasteiger partial charge on any atom is -0.383 e. The van der Waals surface area contributed by atoms with E-state index in [1.54, 1.807) is 18.9 Å². The zero-order valence-corrected chi connectivity index (χ0v) is 18.0. The van der Waals surface area contributed by atoms with E-state index in [2.05, 4.69) is 10.6 Å². The second-order valence-corrected chi connectivity index (χ2v) is 9.03. The van der Waals surface area contributed by atoms with Crippen molar-refractivity contribution in [2.45, 2.75) is 31.8 Å². The van der Waals surface area contributed by atoms with Crippen LogP contribution in [0, 0.1) is 25.7 Å². The molecule has 1 aromatic carbocycles. The van der Waals surface area contributed by atoms with Crippen LogP contribution in [-0.2, 0) is 24.7 Å². The summed E-state index contributed by atoms with van der Waals surface area (Å²) in [5.41, 5.74) is 2.41. The lowest BCUT2D eigenvalue weighted by Gasteiger charge is -2.29. The van der Waals surface area contributed by atoms with Crippen molar-refractivity contribution in [3.05, 3.63) is 28.8 Å². The summed E-state index contributed by atoms with van der Waals surface area (Å²) in [6, 6.07) is 3.67. The van der Waals surface area contributed by atoms with E-state index in [1.807, 2.05) is 32.2 Å². The molecule has 4 rings (SSSR count). The normalized spacial score (nSPS) is 30.3. The fourth-order valence-corrected chi connectivity index (χ4v) is 5.56. The Balaban J connectivity index is 1.83. The smallest absolute Gasteiger partial charge is 0.250 e. The summed E-state index contributed by atoms with van der Waals surface area (Å²) >= 11 is 1.69. The van der Waals surface area contributed by atoms with Gasteiger partial charge in [-0.2, -0.15) is 11.8 Å². The zero-order valence-electron chi connectivity index (χ0n) is 17.2. The van der Waals surface area contributed by atoms with Crippen LogP contribution >= 0.6 is 11.8 Å². The van der Waals surface area contributed by atoms with E-state index in [0.29, 0.717) is 6.42 Å². The van der Waals surface area contributed by atoms with Crippen molar-refractivity contribution >= 4 is 35.2 Å².